The van der Waals surface area contributed by atoms with E-state index < -0.39 is 0 Å². The zero-order valence-corrected chi connectivity index (χ0v) is 12.8. The fraction of sp³-hybridized carbons (Fsp3) is 0.688. The first-order valence-electron chi connectivity index (χ1n) is 7.60. The summed E-state index contributed by atoms with van der Waals surface area (Å²) in [7, 11) is 1.88. The Hall–Kier alpha value is -1.29. The van der Waals surface area contributed by atoms with Gasteiger partial charge in [0.25, 0.3) is 0 Å². The number of amides is 1. The van der Waals surface area contributed by atoms with Crippen LogP contribution in [0.25, 0.3) is 0 Å². The fourth-order valence-electron chi connectivity index (χ4n) is 2.76. The van der Waals surface area contributed by atoms with Crippen LogP contribution in [0.15, 0.2) is 22.8 Å². The molecule has 0 aromatic carbocycles. The van der Waals surface area contributed by atoms with E-state index in [0.29, 0.717) is 12.6 Å². The molecule has 112 valence electrons. The van der Waals surface area contributed by atoms with E-state index in [1.807, 2.05) is 37.9 Å². The number of carbonyl (C=O) groups excluding carboxylic acids is 1. The van der Waals surface area contributed by atoms with Crippen molar-refractivity contribution in [1.29, 1.82) is 0 Å². The summed E-state index contributed by atoms with van der Waals surface area (Å²) in [6, 6.07) is 4.66. The Bertz CT molecular complexity index is 408. The summed E-state index contributed by atoms with van der Waals surface area (Å²) < 4.78 is 5.45. The highest BCUT2D eigenvalue weighted by atomic mass is 16.3. The Morgan fingerprint density at radius 1 is 1.40 bits per heavy atom. The lowest BCUT2D eigenvalue weighted by Gasteiger charge is -2.30. The standard InChI is InChI=1S/C16H26N2O2/c1-13(2)17(3)16(19)12-18(14-7-4-5-8-14)11-15-9-6-10-20-15/h6,9-10,13-14H,4-5,7-8,11-12H2,1-3H3. The van der Waals surface area contributed by atoms with Gasteiger partial charge in [-0.15, -0.1) is 0 Å². The van der Waals surface area contributed by atoms with Crippen molar-refractivity contribution in [2.45, 2.75) is 58.2 Å². The predicted molar refractivity (Wildman–Crippen MR) is 79.3 cm³/mol. The van der Waals surface area contributed by atoms with Gasteiger partial charge in [-0.05, 0) is 38.8 Å². The van der Waals surface area contributed by atoms with Crippen LogP contribution in [-0.4, -0.2) is 41.4 Å². The van der Waals surface area contributed by atoms with Crippen LogP contribution < -0.4 is 0 Å². The van der Waals surface area contributed by atoms with E-state index in [-0.39, 0.29) is 11.9 Å². The molecule has 0 N–H and O–H groups in total. The molecular formula is C16H26N2O2. The molecule has 4 nitrogen and oxygen atoms in total. The third kappa shape index (κ3) is 3.85. The van der Waals surface area contributed by atoms with Gasteiger partial charge in [0.2, 0.25) is 5.91 Å². The van der Waals surface area contributed by atoms with E-state index in [2.05, 4.69) is 4.90 Å². The second-order valence-corrected chi connectivity index (χ2v) is 6.02. The Morgan fingerprint density at radius 3 is 2.65 bits per heavy atom. The van der Waals surface area contributed by atoms with Crippen LogP contribution in [0.5, 0.6) is 0 Å². The highest BCUT2D eigenvalue weighted by Gasteiger charge is 2.26. The summed E-state index contributed by atoms with van der Waals surface area (Å²) in [6.07, 6.45) is 6.63. The van der Waals surface area contributed by atoms with Gasteiger partial charge in [0.1, 0.15) is 5.76 Å². The smallest absolute Gasteiger partial charge is 0.236 e. The summed E-state index contributed by atoms with van der Waals surface area (Å²) >= 11 is 0. The van der Waals surface area contributed by atoms with E-state index in [1.54, 1.807) is 6.26 Å². The van der Waals surface area contributed by atoms with Gasteiger partial charge in [-0.3, -0.25) is 9.69 Å². The molecule has 0 aliphatic heterocycles. The molecule has 0 radical (unpaired) electrons. The summed E-state index contributed by atoms with van der Waals surface area (Å²) in [6.45, 7) is 5.31. The van der Waals surface area contributed by atoms with Crippen LogP contribution in [0.3, 0.4) is 0 Å². The van der Waals surface area contributed by atoms with Gasteiger partial charge in [0.15, 0.2) is 0 Å². The van der Waals surface area contributed by atoms with Crippen LogP contribution in [0.4, 0.5) is 0 Å². The molecule has 1 aromatic heterocycles. The van der Waals surface area contributed by atoms with E-state index in [0.717, 1.165) is 12.3 Å². The maximum atomic E-state index is 12.3. The molecule has 0 saturated heterocycles. The second kappa shape index (κ2) is 6.93. The molecule has 1 aromatic rings. The Morgan fingerprint density at radius 2 is 2.10 bits per heavy atom. The molecule has 1 aliphatic carbocycles. The van der Waals surface area contributed by atoms with Gasteiger partial charge in [0.05, 0.1) is 19.4 Å². The molecule has 1 fully saturated rings. The summed E-state index contributed by atoms with van der Waals surface area (Å²) in [4.78, 5) is 16.4. The van der Waals surface area contributed by atoms with Crippen molar-refractivity contribution in [3.8, 4) is 0 Å². The minimum atomic E-state index is 0.193. The average Bonchev–Trinajstić information content (AvgIpc) is 3.09. The maximum Gasteiger partial charge on any atom is 0.236 e. The summed E-state index contributed by atoms with van der Waals surface area (Å²) in [5.74, 6) is 1.13. The number of furan rings is 1. The molecule has 4 heteroatoms. The van der Waals surface area contributed by atoms with Crippen LogP contribution in [-0.2, 0) is 11.3 Å². The van der Waals surface area contributed by atoms with Gasteiger partial charge in [-0.1, -0.05) is 12.8 Å². The molecule has 20 heavy (non-hydrogen) atoms. The quantitative estimate of drug-likeness (QED) is 0.803. The van der Waals surface area contributed by atoms with Crippen LogP contribution >= 0.6 is 0 Å². The van der Waals surface area contributed by atoms with Gasteiger partial charge in [-0.25, -0.2) is 0 Å². The van der Waals surface area contributed by atoms with E-state index in [4.69, 9.17) is 4.42 Å². The average molecular weight is 278 g/mol. The Kier molecular flexibility index (Phi) is 5.24. The third-order valence-electron chi connectivity index (χ3n) is 4.29. The van der Waals surface area contributed by atoms with Crippen LogP contribution in [0.1, 0.15) is 45.3 Å². The van der Waals surface area contributed by atoms with Crippen molar-refractivity contribution >= 4 is 5.91 Å². The minimum Gasteiger partial charge on any atom is -0.468 e. The first-order chi connectivity index (χ1) is 9.58. The first kappa shape index (κ1) is 15.1. The zero-order valence-electron chi connectivity index (χ0n) is 12.8. The van der Waals surface area contributed by atoms with Gasteiger partial charge < -0.3 is 9.32 Å². The molecule has 0 atom stereocenters. The molecule has 1 amide bonds. The van der Waals surface area contributed by atoms with Crippen molar-refractivity contribution in [1.82, 2.24) is 9.80 Å². The Labute approximate surface area is 121 Å². The lowest BCUT2D eigenvalue weighted by atomic mass is 10.2. The lowest BCUT2D eigenvalue weighted by Crippen LogP contribution is -2.44. The van der Waals surface area contributed by atoms with Gasteiger partial charge >= 0.3 is 0 Å². The van der Waals surface area contributed by atoms with E-state index in [1.165, 1.54) is 25.7 Å². The van der Waals surface area contributed by atoms with Crippen molar-refractivity contribution in [2.24, 2.45) is 0 Å². The highest BCUT2D eigenvalue weighted by Crippen LogP contribution is 2.25. The number of carbonyl (C=O) groups is 1. The molecule has 0 unspecified atom stereocenters. The summed E-state index contributed by atoms with van der Waals surface area (Å²) in [5, 5.41) is 0. The van der Waals surface area contributed by atoms with Crippen molar-refractivity contribution in [3.05, 3.63) is 24.2 Å². The largest absolute Gasteiger partial charge is 0.468 e. The third-order valence-corrected chi connectivity index (χ3v) is 4.29. The summed E-state index contributed by atoms with van der Waals surface area (Å²) in [5.41, 5.74) is 0. The number of rotatable bonds is 6. The number of likely N-dealkylation sites (N-methyl/N-ethyl adjacent to an activating group) is 1. The van der Waals surface area contributed by atoms with Crippen molar-refractivity contribution in [2.75, 3.05) is 13.6 Å². The number of hydrogen-bond acceptors (Lipinski definition) is 3. The number of nitrogens with zero attached hydrogens (tertiary/aromatic N) is 2. The van der Waals surface area contributed by atoms with Crippen molar-refractivity contribution in [3.63, 3.8) is 0 Å². The lowest BCUT2D eigenvalue weighted by molar-refractivity contribution is -0.133. The monoisotopic (exact) mass is 278 g/mol. The first-order valence-corrected chi connectivity index (χ1v) is 7.60. The van der Waals surface area contributed by atoms with Gasteiger partial charge in [-0.2, -0.15) is 0 Å². The highest BCUT2D eigenvalue weighted by molar-refractivity contribution is 5.78. The van der Waals surface area contributed by atoms with E-state index >= 15 is 0 Å². The van der Waals surface area contributed by atoms with Gasteiger partial charge in [0, 0.05) is 19.1 Å². The fourth-order valence-corrected chi connectivity index (χ4v) is 2.76. The van der Waals surface area contributed by atoms with Crippen molar-refractivity contribution < 1.29 is 9.21 Å². The molecule has 0 spiro atoms. The van der Waals surface area contributed by atoms with E-state index in [9.17, 15) is 4.79 Å². The topological polar surface area (TPSA) is 36.7 Å². The number of hydrogen-bond donors (Lipinski definition) is 0. The van der Waals surface area contributed by atoms with Crippen LogP contribution in [0, 0.1) is 0 Å². The second-order valence-electron chi connectivity index (χ2n) is 6.02. The van der Waals surface area contributed by atoms with Crippen LogP contribution in [0.2, 0.25) is 0 Å². The molecule has 1 aliphatic rings. The molecule has 0 bridgehead atoms. The molecular weight excluding hydrogens is 252 g/mol. The predicted octanol–water partition coefficient (Wildman–Crippen LogP) is 2.89. The molecule has 1 heterocycles. The molecule has 2 rings (SSSR count). The maximum absolute atomic E-state index is 12.3. The Balaban J connectivity index is 2.00. The molecule has 1 saturated carbocycles. The normalized spacial score (nSPS) is 16.2. The zero-order chi connectivity index (χ0) is 14.5. The SMILES string of the molecule is CC(C)N(C)C(=O)CN(Cc1ccco1)C1CCCC1. The minimum absolute atomic E-state index is 0.193.